The summed E-state index contributed by atoms with van der Waals surface area (Å²) < 4.78 is 7.22. The predicted octanol–water partition coefficient (Wildman–Crippen LogP) is 5.44. The molecule has 0 bridgehead atoms. The molecule has 0 atom stereocenters. The van der Waals surface area contributed by atoms with Crippen molar-refractivity contribution in [2.24, 2.45) is 0 Å². The van der Waals surface area contributed by atoms with Gasteiger partial charge in [-0.2, -0.15) is 0 Å². The van der Waals surface area contributed by atoms with Gasteiger partial charge in [0.15, 0.2) is 16.1 Å². The molecule has 0 aliphatic carbocycles. The summed E-state index contributed by atoms with van der Waals surface area (Å²) >= 11 is 2.78. The number of thioether (sulfide) groups is 1. The van der Waals surface area contributed by atoms with Gasteiger partial charge in [-0.15, -0.1) is 21.5 Å². The van der Waals surface area contributed by atoms with E-state index in [2.05, 4.69) is 52.5 Å². The number of aromatic nitrogens is 4. The van der Waals surface area contributed by atoms with Crippen LogP contribution in [-0.2, 0) is 11.3 Å². The lowest BCUT2D eigenvalue weighted by Gasteiger charge is -2.08. The zero-order valence-corrected chi connectivity index (χ0v) is 20.6. The normalized spacial score (nSPS) is 10.9. The second-order valence-electron chi connectivity index (χ2n) is 7.45. The molecule has 170 valence electrons. The average Bonchev–Trinajstić information content (AvgIpc) is 3.46. The van der Waals surface area contributed by atoms with Crippen molar-refractivity contribution < 1.29 is 9.53 Å². The van der Waals surface area contributed by atoms with Crippen molar-refractivity contribution in [3.63, 3.8) is 0 Å². The van der Waals surface area contributed by atoms with Crippen molar-refractivity contribution in [2.45, 2.75) is 32.5 Å². The van der Waals surface area contributed by atoms with Crippen LogP contribution in [0, 0.1) is 13.8 Å². The highest BCUT2D eigenvalue weighted by molar-refractivity contribution is 7.99. The number of carbonyl (C=O) groups excluding carboxylic acids is 1. The van der Waals surface area contributed by atoms with Gasteiger partial charge in [-0.05, 0) is 62.2 Å². The topological polar surface area (TPSA) is 81.9 Å². The van der Waals surface area contributed by atoms with Gasteiger partial charge in [0.05, 0.1) is 18.6 Å². The number of hydrogen-bond acceptors (Lipinski definition) is 7. The number of aryl methyl sites for hydroxylation is 2. The van der Waals surface area contributed by atoms with Gasteiger partial charge in [-0.1, -0.05) is 23.9 Å². The van der Waals surface area contributed by atoms with Gasteiger partial charge in [0.25, 0.3) is 0 Å². The Morgan fingerprint density at radius 2 is 1.85 bits per heavy atom. The maximum Gasteiger partial charge on any atom is 0.236 e. The summed E-state index contributed by atoms with van der Waals surface area (Å²) in [5, 5.41) is 14.8. The highest BCUT2D eigenvalue weighted by atomic mass is 32.2. The number of thiazole rings is 1. The molecule has 1 N–H and O–H groups in total. The lowest BCUT2D eigenvalue weighted by molar-refractivity contribution is -0.113. The van der Waals surface area contributed by atoms with Crippen LogP contribution in [0.1, 0.15) is 18.1 Å². The third kappa shape index (κ3) is 5.26. The molecule has 1 amide bonds. The molecule has 0 saturated heterocycles. The molecule has 9 heteroatoms. The molecule has 0 aliphatic rings. The highest BCUT2D eigenvalue weighted by Crippen LogP contribution is 2.28. The minimum Gasteiger partial charge on any atom is -0.497 e. The number of nitrogens with zero attached hydrogens (tertiary/aromatic N) is 4. The lowest BCUT2D eigenvalue weighted by atomic mass is 10.1. The zero-order valence-electron chi connectivity index (χ0n) is 19.0. The molecular formula is C24H25N5O2S2. The largest absolute Gasteiger partial charge is 0.497 e. The van der Waals surface area contributed by atoms with Crippen LogP contribution in [0.2, 0.25) is 0 Å². The van der Waals surface area contributed by atoms with Crippen molar-refractivity contribution in [3.8, 4) is 28.4 Å². The maximum atomic E-state index is 12.5. The van der Waals surface area contributed by atoms with Gasteiger partial charge in [-0.25, -0.2) is 4.98 Å². The molecule has 33 heavy (non-hydrogen) atoms. The van der Waals surface area contributed by atoms with Crippen molar-refractivity contribution in [1.29, 1.82) is 0 Å². The first kappa shape index (κ1) is 23.0. The van der Waals surface area contributed by atoms with Crippen molar-refractivity contribution in [1.82, 2.24) is 19.7 Å². The fraction of sp³-hybridized carbons (Fsp3) is 0.250. The molecule has 2 aromatic carbocycles. The van der Waals surface area contributed by atoms with Crippen molar-refractivity contribution >= 4 is 34.1 Å². The third-order valence-electron chi connectivity index (χ3n) is 5.27. The molecule has 4 aromatic rings. The number of carbonyl (C=O) groups is 1. The van der Waals surface area contributed by atoms with Crippen LogP contribution in [0.15, 0.2) is 53.0 Å². The van der Waals surface area contributed by atoms with Crippen LogP contribution >= 0.6 is 23.1 Å². The van der Waals surface area contributed by atoms with Gasteiger partial charge < -0.3 is 14.6 Å². The summed E-state index contributed by atoms with van der Waals surface area (Å²) in [5.41, 5.74) is 5.32. The van der Waals surface area contributed by atoms with Crippen molar-refractivity contribution in [3.05, 3.63) is 59.0 Å². The Balaban J connectivity index is 1.39. The summed E-state index contributed by atoms with van der Waals surface area (Å²) in [6.07, 6.45) is 0. The number of ether oxygens (including phenoxy) is 1. The third-order valence-corrected chi connectivity index (χ3v) is 6.99. The summed E-state index contributed by atoms with van der Waals surface area (Å²) in [6, 6.07) is 13.9. The zero-order chi connectivity index (χ0) is 23.4. The Morgan fingerprint density at radius 1 is 1.09 bits per heavy atom. The summed E-state index contributed by atoms with van der Waals surface area (Å²) in [4.78, 5) is 17.1. The molecule has 0 radical (unpaired) electrons. The lowest BCUT2D eigenvalue weighted by Crippen LogP contribution is -2.14. The number of nitrogens with one attached hydrogen (secondary N) is 1. The Morgan fingerprint density at radius 3 is 2.55 bits per heavy atom. The SMILES string of the molecule is CCn1c(SCC(=O)Nc2nc(-c3ccc(C)c(C)c3)cs2)nnc1-c1ccc(OC)cc1. The maximum absolute atomic E-state index is 12.5. The summed E-state index contributed by atoms with van der Waals surface area (Å²) in [7, 11) is 1.64. The number of benzene rings is 2. The van der Waals surface area contributed by atoms with Gasteiger partial charge in [-0.3, -0.25) is 4.79 Å². The van der Waals surface area contributed by atoms with Gasteiger partial charge >= 0.3 is 0 Å². The van der Waals surface area contributed by atoms with E-state index in [1.165, 1.54) is 34.2 Å². The van der Waals surface area contributed by atoms with E-state index in [9.17, 15) is 4.79 Å². The molecule has 0 unspecified atom stereocenters. The average molecular weight is 480 g/mol. The molecule has 0 aliphatic heterocycles. The van der Waals surface area contributed by atoms with Crippen LogP contribution in [0.3, 0.4) is 0 Å². The highest BCUT2D eigenvalue weighted by Gasteiger charge is 2.15. The van der Waals surface area contributed by atoms with Crippen LogP contribution in [0.5, 0.6) is 5.75 Å². The minimum absolute atomic E-state index is 0.127. The van der Waals surface area contributed by atoms with E-state index in [0.717, 1.165) is 28.4 Å². The Hall–Kier alpha value is -3.17. The monoisotopic (exact) mass is 479 g/mol. The van der Waals surface area contributed by atoms with Gasteiger partial charge in [0.2, 0.25) is 5.91 Å². The first-order valence-corrected chi connectivity index (χ1v) is 12.4. The van der Waals surface area contributed by atoms with E-state index in [1.807, 2.05) is 41.1 Å². The second-order valence-corrected chi connectivity index (χ2v) is 9.25. The second kappa shape index (κ2) is 10.2. The predicted molar refractivity (Wildman–Crippen MR) is 134 cm³/mol. The minimum atomic E-state index is -0.127. The standard InChI is InChI=1S/C24H25N5O2S2/c1-5-29-22(17-8-10-19(31-4)11-9-17)27-28-24(29)33-14-21(30)26-23-25-20(13-32-23)18-7-6-15(2)16(3)12-18/h6-13H,5,14H2,1-4H3,(H,25,26,30). The van der Waals surface area contributed by atoms with E-state index in [4.69, 9.17) is 4.74 Å². The van der Waals surface area contributed by atoms with Gasteiger partial charge in [0, 0.05) is 23.1 Å². The van der Waals surface area contributed by atoms with E-state index in [-0.39, 0.29) is 11.7 Å². The molecule has 7 nitrogen and oxygen atoms in total. The fourth-order valence-corrected chi connectivity index (χ4v) is 4.82. The van der Waals surface area contributed by atoms with E-state index >= 15 is 0 Å². The van der Waals surface area contributed by atoms with Crippen LogP contribution in [0.25, 0.3) is 22.6 Å². The number of methoxy groups -OCH3 is 1. The first-order valence-electron chi connectivity index (χ1n) is 10.5. The van der Waals surface area contributed by atoms with Crippen molar-refractivity contribution in [2.75, 3.05) is 18.2 Å². The molecule has 2 heterocycles. The molecule has 0 spiro atoms. The summed E-state index contributed by atoms with van der Waals surface area (Å²) in [5.74, 6) is 1.65. The molecule has 0 saturated carbocycles. The van der Waals surface area contributed by atoms with Crippen LogP contribution in [0.4, 0.5) is 5.13 Å². The molecule has 2 aromatic heterocycles. The molecular weight excluding hydrogens is 454 g/mol. The fourth-order valence-electron chi connectivity index (χ4n) is 3.28. The summed E-state index contributed by atoms with van der Waals surface area (Å²) in [6.45, 7) is 6.90. The Kier molecular flexibility index (Phi) is 7.10. The van der Waals surface area contributed by atoms with Gasteiger partial charge in [0.1, 0.15) is 5.75 Å². The Labute approximate surface area is 201 Å². The van der Waals surface area contributed by atoms with Crippen LogP contribution in [-0.4, -0.2) is 38.5 Å². The number of amides is 1. The smallest absolute Gasteiger partial charge is 0.236 e. The number of rotatable bonds is 8. The number of hydrogen-bond donors (Lipinski definition) is 1. The molecule has 4 rings (SSSR count). The quantitative estimate of drug-likeness (QED) is 0.339. The van der Waals surface area contributed by atoms with Crippen LogP contribution < -0.4 is 10.1 Å². The van der Waals surface area contributed by atoms with E-state index in [1.54, 1.807) is 7.11 Å². The Bertz CT molecular complexity index is 1260. The molecule has 0 fully saturated rings. The first-order chi connectivity index (χ1) is 16.0. The van der Waals surface area contributed by atoms with E-state index in [0.29, 0.717) is 16.8 Å². The van der Waals surface area contributed by atoms with E-state index < -0.39 is 0 Å². The number of anilines is 1.